The second-order valence-corrected chi connectivity index (χ2v) is 5.60. The first-order valence-electron chi connectivity index (χ1n) is 7.93. The molecular weight excluding hydrogens is 308 g/mol. The summed E-state index contributed by atoms with van der Waals surface area (Å²) in [7, 11) is 1.34. The zero-order valence-electron chi connectivity index (χ0n) is 13.6. The highest BCUT2D eigenvalue weighted by Gasteiger charge is 2.22. The van der Waals surface area contributed by atoms with Crippen molar-refractivity contribution in [2.75, 3.05) is 25.1 Å². The Morgan fingerprint density at radius 1 is 1.33 bits per heavy atom. The predicted molar refractivity (Wildman–Crippen MR) is 87.6 cm³/mol. The Bertz CT molecular complexity index is 681. The molecule has 1 aliphatic rings. The number of ether oxygens (including phenoxy) is 2. The van der Waals surface area contributed by atoms with Gasteiger partial charge in [-0.2, -0.15) is 0 Å². The number of nitrogens with zero attached hydrogens (tertiary/aromatic N) is 4. The molecule has 3 heterocycles. The summed E-state index contributed by atoms with van der Waals surface area (Å²) < 4.78 is 10.7. The topological polar surface area (TPSA) is 77.4 Å². The van der Waals surface area contributed by atoms with Gasteiger partial charge in [0, 0.05) is 25.4 Å². The molecule has 24 heavy (non-hydrogen) atoms. The maximum atomic E-state index is 11.6. The molecule has 1 atom stereocenters. The van der Waals surface area contributed by atoms with Crippen molar-refractivity contribution >= 4 is 11.8 Å². The highest BCUT2D eigenvalue weighted by molar-refractivity contribution is 5.87. The molecule has 0 amide bonds. The molecule has 2 aromatic rings. The van der Waals surface area contributed by atoms with Crippen molar-refractivity contribution in [3.63, 3.8) is 0 Å². The van der Waals surface area contributed by atoms with Gasteiger partial charge in [0.05, 0.1) is 25.5 Å². The Morgan fingerprint density at radius 2 is 2.25 bits per heavy atom. The zero-order chi connectivity index (χ0) is 16.8. The minimum Gasteiger partial charge on any atom is -0.464 e. The Morgan fingerprint density at radius 3 is 3.04 bits per heavy atom. The van der Waals surface area contributed by atoms with Crippen LogP contribution in [-0.2, 0) is 16.1 Å². The number of hydrogen-bond acceptors (Lipinski definition) is 7. The van der Waals surface area contributed by atoms with Crippen LogP contribution >= 0.6 is 0 Å². The van der Waals surface area contributed by atoms with Gasteiger partial charge in [-0.3, -0.25) is 4.98 Å². The fourth-order valence-electron chi connectivity index (χ4n) is 2.71. The minimum absolute atomic E-state index is 0.109. The lowest BCUT2D eigenvalue weighted by molar-refractivity contribution is 0.0297. The fraction of sp³-hybridized carbons (Fsp3) is 0.412. The molecule has 2 aromatic heterocycles. The van der Waals surface area contributed by atoms with E-state index in [2.05, 4.69) is 19.9 Å². The van der Waals surface area contributed by atoms with Crippen LogP contribution in [0, 0.1) is 0 Å². The van der Waals surface area contributed by atoms with Crippen molar-refractivity contribution in [1.29, 1.82) is 0 Å². The van der Waals surface area contributed by atoms with E-state index in [-0.39, 0.29) is 11.8 Å². The molecule has 0 aromatic carbocycles. The first-order valence-corrected chi connectivity index (χ1v) is 7.93. The molecule has 0 bridgehead atoms. The Balaban J connectivity index is 1.62. The average molecular weight is 328 g/mol. The number of carbonyl (C=O) groups excluding carboxylic acids is 1. The normalized spacial score (nSPS) is 17.5. The van der Waals surface area contributed by atoms with Crippen molar-refractivity contribution in [3.05, 3.63) is 48.2 Å². The lowest BCUT2D eigenvalue weighted by atomic mass is 10.1. The highest BCUT2D eigenvalue weighted by Crippen LogP contribution is 2.20. The van der Waals surface area contributed by atoms with Crippen molar-refractivity contribution in [1.82, 2.24) is 15.0 Å². The smallest absolute Gasteiger partial charge is 0.356 e. The first kappa shape index (κ1) is 16.3. The Hall–Kier alpha value is -2.54. The van der Waals surface area contributed by atoms with Gasteiger partial charge in [-0.25, -0.2) is 14.8 Å². The van der Waals surface area contributed by atoms with Crippen LogP contribution in [-0.4, -0.2) is 47.2 Å². The molecule has 1 unspecified atom stereocenters. The van der Waals surface area contributed by atoms with Crippen molar-refractivity contribution in [2.24, 2.45) is 0 Å². The average Bonchev–Trinajstić information content (AvgIpc) is 2.67. The van der Waals surface area contributed by atoms with Crippen LogP contribution in [0.15, 0.2) is 36.8 Å². The second kappa shape index (κ2) is 7.83. The van der Waals surface area contributed by atoms with E-state index < -0.39 is 5.97 Å². The largest absolute Gasteiger partial charge is 0.464 e. The molecule has 126 valence electrons. The summed E-state index contributed by atoms with van der Waals surface area (Å²) in [4.78, 5) is 26.2. The molecule has 0 radical (unpaired) electrons. The standard InChI is InChI=1S/C17H20N4O3/c1-23-17(22)15-9-16(20-12-19-15)21-8-4-6-14(10-21)24-11-13-5-2-3-7-18-13/h2-3,5,7,9,12,14H,4,6,8,10-11H2,1H3. The number of methoxy groups -OCH3 is 1. The fourth-order valence-corrected chi connectivity index (χ4v) is 2.71. The van der Waals surface area contributed by atoms with Crippen LogP contribution in [0.1, 0.15) is 29.0 Å². The van der Waals surface area contributed by atoms with Gasteiger partial charge in [-0.1, -0.05) is 6.07 Å². The zero-order valence-corrected chi connectivity index (χ0v) is 13.6. The minimum atomic E-state index is -0.460. The first-order chi connectivity index (χ1) is 11.8. The number of hydrogen-bond donors (Lipinski definition) is 0. The van der Waals surface area contributed by atoms with Crippen LogP contribution in [0.3, 0.4) is 0 Å². The molecule has 7 nitrogen and oxygen atoms in total. The lowest BCUT2D eigenvalue weighted by Crippen LogP contribution is -2.40. The van der Waals surface area contributed by atoms with Gasteiger partial charge >= 0.3 is 5.97 Å². The molecule has 1 saturated heterocycles. The number of anilines is 1. The van der Waals surface area contributed by atoms with Gasteiger partial charge in [0.2, 0.25) is 0 Å². The quantitative estimate of drug-likeness (QED) is 0.775. The van der Waals surface area contributed by atoms with E-state index in [1.165, 1.54) is 13.4 Å². The molecule has 0 aliphatic carbocycles. The molecule has 7 heteroatoms. The number of esters is 1. The maximum Gasteiger partial charge on any atom is 0.356 e. The third kappa shape index (κ3) is 4.05. The van der Waals surface area contributed by atoms with Crippen molar-refractivity contribution in [2.45, 2.75) is 25.6 Å². The number of rotatable bonds is 5. The molecular formula is C17H20N4O3. The van der Waals surface area contributed by atoms with E-state index >= 15 is 0 Å². The number of carbonyl (C=O) groups is 1. The second-order valence-electron chi connectivity index (χ2n) is 5.60. The number of pyridine rings is 1. The number of piperidine rings is 1. The third-order valence-corrected chi connectivity index (χ3v) is 3.94. The van der Waals surface area contributed by atoms with Gasteiger partial charge in [-0.15, -0.1) is 0 Å². The molecule has 1 aliphatic heterocycles. The van der Waals surface area contributed by atoms with Gasteiger partial charge in [0.25, 0.3) is 0 Å². The van der Waals surface area contributed by atoms with Gasteiger partial charge in [0.1, 0.15) is 12.1 Å². The van der Waals surface area contributed by atoms with Gasteiger partial charge < -0.3 is 14.4 Å². The predicted octanol–water partition coefficient (Wildman–Crippen LogP) is 1.84. The molecule has 0 N–H and O–H groups in total. The van der Waals surface area contributed by atoms with Gasteiger partial charge in [-0.05, 0) is 25.0 Å². The number of aromatic nitrogens is 3. The molecule has 0 saturated carbocycles. The summed E-state index contributed by atoms with van der Waals surface area (Å²) in [5.74, 6) is 0.259. The summed E-state index contributed by atoms with van der Waals surface area (Å²) in [5.41, 5.74) is 1.18. The third-order valence-electron chi connectivity index (χ3n) is 3.94. The maximum absolute atomic E-state index is 11.6. The van der Waals surface area contributed by atoms with Crippen LogP contribution in [0.25, 0.3) is 0 Å². The van der Waals surface area contributed by atoms with Crippen molar-refractivity contribution in [3.8, 4) is 0 Å². The monoisotopic (exact) mass is 328 g/mol. The molecule has 0 spiro atoms. The molecule has 1 fully saturated rings. The van der Waals surface area contributed by atoms with E-state index in [1.54, 1.807) is 12.3 Å². The van der Waals surface area contributed by atoms with Gasteiger partial charge in [0.15, 0.2) is 5.69 Å². The van der Waals surface area contributed by atoms with E-state index in [9.17, 15) is 4.79 Å². The van der Waals surface area contributed by atoms with Crippen LogP contribution in [0.4, 0.5) is 5.82 Å². The van der Waals surface area contributed by atoms with Crippen LogP contribution in [0.2, 0.25) is 0 Å². The summed E-state index contributed by atoms with van der Waals surface area (Å²) in [6, 6.07) is 7.45. The SMILES string of the molecule is COC(=O)c1cc(N2CCCC(OCc3ccccn3)C2)ncn1. The van der Waals surface area contributed by atoms with Crippen molar-refractivity contribution < 1.29 is 14.3 Å². The van der Waals surface area contributed by atoms with E-state index in [1.807, 2.05) is 18.2 Å². The van der Waals surface area contributed by atoms with Crippen LogP contribution in [0.5, 0.6) is 0 Å². The summed E-state index contributed by atoms with van der Waals surface area (Å²) in [5, 5.41) is 0. The summed E-state index contributed by atoms with van der Waals surface area (Å²) in [6.45, 7) is 2.10. The van der Waals surface area contributed by atoms with E-state index in [0.717, 1.165) is 37.4 Å². The Kier molecular flexibility index (Phi) is 5.32. The lowest BCUT2D eigenvalue weighted by Gasteiger charge is -2.33. The summed E-state index contributed by atoms with van der Waals surface area (Å²) >= 11 is 0. The Labute approximate surface area is 140 Å². The molecule has 3 rings (SSSR count). The van der Waals surface area contributed by atoms with E-state index in [0.29, 0.717) is 6.61 Å². The van der Waals surface area contributed by atoms with Crippen LogP contribution < -0.4 is 4.90 Å². The highest BCUT2D eigenvalue weighted by atomic mass is 16.5. The van der Waals surface area contributed by atoms with E-state index in [4.69, 9.17) is 9.47 Å². The summed E-state index contributed by atoms with van der Waals surface area (Å²) in [6.07, 6.45) is 5.27.